The van der Waals surface area contributed by atoms with Crippen LogP contribution in [0, 0.1) is 0 Å². The first-order chi connectivity index (χ1) is 11.8. The number of imidazole rings is 1. The summed E-state index contributed by atoms with van der Waals surface area (Å²) in [7, 11) is 1.65. The molecule has 1 saturated heterocycles. The standard InChI is InChI=1S/C19H19N3O2/c1-24-15-9-7-14(8-10-15)17-16-6-2-3-13-22(16)18(20-17)19(23)21-11-4-5-12-21/h2-3,6-10,13H,4-5,11-12H2,1H3. The van der Waals surface area contributed by atoms with Gasteiger partial charge in [-0.05, 0) is 49.2 Å². The summed E-state index contributed by atoms with van der Waals surface area (Å²) in [6, 6.07) is 13.6. The number of aromatic nitrogens is 2. The van der Waals surface area contributed by atoms with Crippen molar-refractivity contribution in [2.24, 2.45) is 0 Å². The van der Waals surface area contributed by atoms with Crippen LogP contribution in [-0.4, -0.2) is 40.4 Å². The minimum Gasteiger partial charge on any atom is -0.497 e. The fourth-order valence-electron chi connectivity index (χ4n) is 3.21. The van der Waals surface area contributed by atoms with Crippen LogP contribution >= 0.6 is 0 Å². The number of benzene rings is 1. The van der Waals surface area contributed by atoms with Gasteiger partial charge in [-0.3, -0.25) is 9.20 Å². The average molecular weight is 321 g/mol. The third kappa shape index (κ3) is 2.42. The van der Waals surface area contributed by atoms with Crippen molar-refractivity contribution in [3.8, 4) is 17.0 Å². The van der Waals surface area contributed by atoms with Gasteiger partial charge >= 0.3 is 0 Å². The van der Waals surface area contributed by atoms with Gasteiger partial charge in [-0.25, -0.2) is 4.98 Å². The zero-order valence-electron chi connectivity index (χ0n) is 13.6. The number of methoxy groups -OCH3 is 1. The van der Waals surface area contributed by atoms with Gasteiger partial charge in [-0.15, -0.1) is 0 Å². The lowest BCUT2D eigenvalue weighted by atomic mass is 10.1. The molecule has 4 rings (SSSR count). The van der Waals surface area contributed by atoms with E-state index in [1.807, 2.05) is 58.0 Å². The molecule has 1 aliphatic rings. The molecule has 0 aliphatic carbocycles. The minimum atomic E-state index is 0.00783. The summed E-state index contributed by atoms with van der Waals surface area (Å²) < 4.78 is 7.11. The van der Waals surface area contributed by atoms with E-state index < -0.39 is 0 Å². The molecule has 0 bridgehead atoms. The van der Waals surface area contributed by atoms with Gasteiger partial charge in [0.2, 0.25) is 5.82 Å². The minimum absolute atomic E-state index is 0.00783. The first-order valence-electron chi connectivity index (χ1n) is 8.19. The molecule has 1 aliphatic heterocycles. The lowest BCUT2D eigenvalue weighted by molar-refractivity contribution is 0.0780. The highest BCUT2D eigenvalue weighted by Gasteiger charge is 2.25. The fraction of sp³-hybridized carbons (Fsp3) is 0.263. The molecule has 3 heterocycles. The van der Waals surface area contributed by atoms with Crippen molar-refractivity contribution in [2.45, 2.75) is 12.8 Å². The molecule has 0 radical (unpaired) electrons. The molecule has 1 fully saturated rings. The largest absolute Gasteiger partial charge is 0.497 e. The van der Waals surface area contributed by atoms with E-state index in [9.17, 15) is 4.79 Å². The molecular weight excluding hydrogens is 302 g/mol. The number of nitrogens with zero attached hydrogens (tertiary/aromatic N) is 3. The molecule has 0 N–H and O–H groups in total. The quantitative estimate of drug-likeness (QED) is 0.744. The van der Waals surface area contributed by atoms with Gasteiger partial charge in [-0.2, -0.15) is 0 Å². The number of hydrogen-bond donors (Lipinski definition) is 0. The Labute approximate surface area is 140 Å². The van der Waals surface area contributed by atoms with Crippen molar-refractivity contribution in [2.75, 3.05) is 20.2 Å². The summed E-state index contributed by atoms with van der Waals surface area (Å²) in [5, 5.41) is 0. The molecule has 5 nitrogen and oxygen atoms in total. The van der Waals surface area contributed by atoms with Gasteiger partial charge in [0.05, 0.1) is 18.3 Å². The topological polar surface area (TPSA) is 46.8 Å². The van der Waals surface area contributed by atoms with Crippen LogP contribution in [0.4, 0.5) is 0 Å². The predicted octanol–water partition coefficient (Wildman–Crippen LogP) is 3.25. The molecule has 5 heteroatoms. The Morgan fingerprint density at radius 2 is 1.83 bits per heavy atom. The first kappa shape index (κ1) is 14.8. The van der Waals surface area contributed by atoms with Crippen molar-refractivity contribution < 1.29 is 9.53 Å². The third-order valence-electron chi connectivity index (χ3n) is 4.50. The van der Waals surface area contributed by atoms with Crippen molar-refractivity contribution in [1.29, 1.82) is 0 Å². The summed E-state index contributed by atoms with van der Waals surface area (Å²) >= 11 is 0. The Bertz CT molecular complexity index is 877. The second-order valence-corrected chi connectivity index (χ2v) is 5.97. The first-order valence-corrected chi connectivity index (χ1v) is 8.19. The maximum atomic E-state index is 12.8. The van der Waals surface area contributed by atoms with Gasteiger partial charge in [0.1, 0.15) is 5.75 Å². The van der Waals surface area contributed by atoms with E-state index in [1.165, 1.54) is 0 Å². The van der Waals surface area contributed by atoms with E-state index in [1.54, 1.807) is 7.11 Å². The average Bonchev–Trinajstić information content (AvgIpc) is 3.29. The number of carbonyl (C=O) groups is 1. The second-order valence-electron chi connectivity index (χ2n) is 5.97. The maximum Gasteiger partial charge on any atom is 0.290 e. The molecule has 0 spiro atoms. The third-order valence-corrected chi connectivity index (χ3v) is 4.50. The highest BCUT2D eigenvalue weighted by atomic mass is 16.5. The SMILES string of the molecule is COc1ccc(-c2nc(C(=O)N3CCCC3)n3ccccc23)cc1. The molecule has 3 aromatic rings. The molecule has 2 aromatic heterocycles. The number of rotatable bonds is 3. The van der Waals surface area contributed by atoms with Crippen molar-refractivity contribution in [3.63, 3.8) is 0 Å². The van der Waals surface area contributed by atoms with Crippen LogP contribution in [0.1, 0.15) is 23.5 Å². The molecule has 1 amide bonds. The lowest BCUT2D eigenvalue weighted by Crippen LogP contribution is -2.29. The summed E-state index contributed by atoms with van der Waals surface area (Å²) in [5.41, 5.74) is 2.73. The van der Waals surface area contributed by atoms with Crippen LogP contribution in [0.15, 0.2) is 48.7 Å². The van der Waals surface area contributed by atoms with Gasteiger partial charge in [-0.1, -0.05) is 6.07 Å². The van der Waals surface area contributed by atoms with Crippen LogP contribution in [0.3, 0.4) is 0 Å². The Kier molecular flexibility index (Phi) is 3.69. The Morgan fingerprint density at radius 1 is 1.08 bits per heavy atom. The molecule has 0 atom stereocenters. The Hall–Kier alpha value is -2.82. The number of carbonyl (C=O) groups excluding carboxylic acids is 1. The molecule has 1 aromatic carbocycles. The second kappa shape index (κ2) is 6.00. The van der Waals surface area contributed by atoms with E-state index in [0.717, 1.165) is 48.5 Å². The van der Waals surface area contributed by atoms with Crippen LogP contribution in [0.25, 0.3) is 16.8 Å². The molecule has 0 saturated carbocycles. The number of fused-ring (bicyclic) bond motifs is 1. The number of pyridine rings is 1. The van der Waals surface area contributed by atoms with Gasteiger partial charge in [0, 0.05) is 24.8 Å². The smallest absolute Gasteiger partial charge is 0.290 e. The molecular formula is C19H19N3O2. The Balaban J connectivity index is 1.82. The van der Waals surface area contributed by atoms with Crippen molar-refractivity contribution >= 4 is 11.4 Å². The van der Waals surface area contributed by atoms with E-state index in [4.69, 9.17) is 9.72 Å². The van der Waals surface area contributed by atoms with Crippen LogP contribution in [-0.2, 0) is 0 Å². The normalized spacial score (nSPS) is 14.3. The van der Waals surface area contributed by atoms with Gasteiger partial charge in [0.25, 0.3) is 5.91 Å². The van der Waals surface area contributed by atoms with Crippen LogP contribution in [0.5, 0.6) is 5.75 Å². The number of ether oxygens (including phenoxy) is 1. The van der Waals surface area contributed by atoms with E-state index in [0.29, 0.717) is 5.82 Å². The van der Waals surface area contributed by atoms with Crippen molar-refractivity contribution in [3.05, 3.63) is 54.5 Å². The predicted molar refractivity (Wildman–Crippen MR) is 92.3 cm³/mol. The van der Waals surface area contributed by atoms with E-state index in [2.05, 4.69) is 0 Å². The van der Waals surface area contributed by atoms with E-state index in [-0.39, 0.29) is 5.91 Å². The van der Waals surface area contributed by atoms with E-state index >= 15 is 0 Å². The summed E-state index contributed by atoms with van der Waals surface area (Å²) in [6.45, 7) is 1.64. The summed E-state index contributed by atoms with van der Waals surface area (Å²) in [5.74, 6) is 1.29. The zero-order chi connectivity index (χ0) is 16.5. The van der Waals surface area contributed by atoms with Crippen LogP contribution in [0.2, 0.25) is 0 Å². The lowest BCUT2D eigenvalue weighted by Gasteiger charge is -2.13. The monoisotopic (exact) mass is 321 g/mol. The fourth-order valence-corrected chi connectivity index (χ4v) is 3.21. The number of amides is 1. The summed E-state index contributed by atoms with van der Waals surface area (Å²) in [6.07, 6.45) is 4.04. The highest BCUT2D eigenvalue weighted by molar-refractivity contribution is 5.94. The number of hydrogen-bond acceptors (Lipinski definition) is 3. The molecule has 0 unspecified atom stereocenters. The van der Waals surface area contributed by atoms with Crippen molar-refractivity contribution in [1.82, 2.24) is 14.3 Å². The van der Waals surface area contributed by atoms with Crippen LogP contribution < -0.4 is 4.74 Å². The molecule has 122 valence electrons. The summed E-state index contributed by atoms with van der Waals surface area (Å²) in [4.78, 5) is 19.4. The zero-order valence-corrected chi connectivity index (χ0v) is 13.6. The maximum absolute atomic E-state index is 12.8. The van der Waals surface area contributed by atoms with Gasteiger partial charge in [0.15, 0.2) is 0 Å². The highest BCUT2D eigenvalue weighted by Crippen LogP contribution is 2.27. The molecule has 24 heavy (non-hydrogen) atoms. The van der Waals surface area contributed by atoms with Gasteiger partial charge < -0.3 is 9.64 Å². The number of likely N-dealkylation sites (tertiary alicyclic amines) is 1. The Morgan fingerprint density at radius 3 is 2.54 bits per heavy atom.